The highest BCUT2D eigenvalue weighted by Crippen LogP contribution is 2.20. The largest absolute Gasteiger partial charge is 0.378 e. The van der Waals surface area contributed by atoms with Crippen LogP contribution in [0.15, 0.2) is 0 Å². The van der Waals surface area contributed by atoms with Gasteiger partial charge in [0.15, 0.2) is 0 Å². The molecule has 1 heterocycles. The molecule has 0 unspecified atom stereocenters. The monoisotopic (exact) mass is 304 g/mol. The molecule has 1 saturated heterocycles. The van der Waals surface area contributed by atoms with Gasteiger partial charge in [0.05, 0.1) is 6.10 Å². The summed E-state index contributed by atoms with van der Waals surface area (Å²) >= 11 is 0. The fourth-order valence-corrected chi connectivity index (χ4v) is 4.28. The van der Waals surface area contributed by atoms with E-state index in [0.29, 0.717) is 32.3 Å². The predicted octanol–water partition coefficient (Wildman–Crippen LogP) is 2.05. The minimum absolute atomic E-state index is 0.414. The Morgan fingerprint density at radius 1 is 1.00 bits per heavy atom. The average Bonchev–Trinajstić information content (AvgIpc) is 2.77. The molecule has 0 spiro atoms. The molecule has 0 bridgehead atoms. The van der Waals surface area contributed by atoms with Crippen LogP contribution in [-0.2, 0) is 14.9 Å². The Morgan fingerprint density at radius 2 is 1.65 bits per heavy atom. The molecular formula is C14H28N2O3S. The van der Waals surface area contributed by atoms with Crippen LogP contribution in [-0.4, -0.2) is 45.1 Å². The SMILES string of the molecule is O=S(=O)(NCCCOC1CCCC1)N1CCCCCC1. The highest BCUT2D eigenvalue weighted by Gasteiger charge is 2.22. The average molecular weight is 304 g/mol. The smallest absolute Gasteiger partial charge is 0.279 e. The van der Waals surface area contributed by atoms with E-state index >= 15 is 0 Å². The van der Waals surface area contributed by atoms with Crippen LogP contribution < -0.4 is 4.72 Å². The second-order valence-electron chi connectivity index (χ2n) is 5.84. The van der Waals surface area contributed by atoms with Crippen LogP contribution in [0.5, 0.6) is 0 Å². The Balaban J connectivity index is 1.61. The molecule has 118 valence electrons. The van der Waals surface area contributed by atoms with Gasteiger partial charge >= 0.3 is 0 Å². The Kier molecular flexibility index (Phi) is 6.74. The first kappa shape index (κ1) is 16.2. The molecule has 1 aliphatic heterocycles. The third-order valence-corrected chi connectivity index (χ3v) is 5.78. The summed E-state index contributed by atoms with van der Waals surface area (Å²) in [5.41, 5.74) is 0. The van der Waals surface area contributed by atoms with Crippen LogP contribution in [0.25, 0.3) is 0 Å². The molecule has 2 aliphatic rings. The zero-order valence-corrected chi connectivity index (χ0v) is 13.2. The lowest BCUT2D eigenvalue weighted by Crippen LogP contribution is -2.41. The molecular weight excluding hydrogens is 276 g/mol. The number of hydrogen-bond donors (Lipinski definition) is 1. The van der Waals surface area contributed by atoms with E-state index in [-0.39, 0.29) is 0 Å². The standard InChI is InChI=1S/C14H28N2O3S/c17-20(18,16-11-5-1-2-6-12-16)15-10-7-13-19-14-8-3-4-9-14/h14-15H,1-13H2. The zero-order chi connectivity index (χ0) is 14.3. The van der Waals surface area contributed by atoms with Crippen LogP contribution in [0.2, 0.25) is 0 Å². The summed E-state index contributed by atoms with van der Waals surface area (Å²) in [7, 11) is -3.28. The van der Waals surface area contributed by atoms with Crippen LogP contribution in [0.4, 0.5) is 0 Å². The fraction of sp³-hybridized carbons (Fsp3) is 1.00. The molecule has 0 amide bonds. The van der Waals surface area contributed by atoms with Gasteiger partial charge in [-0.3, -0.25) is 0 Å². The Labute approximate surface area is 123 Å². The topological polar surface area (TPSA) is 58.6 Å². The molecule has 0 aromatic heterocycles. The van der Waals surface area contributed by atoms with Gasteiger partial charge in [-0.1, -0.05) is 25.7 Å². The third-order valence-electron chi connectivity index (χ3n) is 4.17. The quantitative estimate of drug-likeness (QED) is 0.732. The van der Waals surface area contributed by atoms with E-state index in [1.54, 1.807) is 4.31 Å². The third kappa shape index (κ3) is 5.31. The molecule has 0 atom stereocenters. The van der Waals surface area contributed by atoms with E-state index in [1.807, 2.05) is 0 Å². The van der Waals surface area contributed by atoms with Gasteiger partial charge in [-0.2, -0.15) is 12.7 Å². The van der Waals surface area contributed by atoms with E-state index in [2.05, 4.69) is 4.72 Å². The lowest BCUT2D eigenvalue weighted by Gasteiger charge is -2.20. The van der Waals surface area contributed by atoms with Gasteiger partial charge < -0.3 is 4.74 Å². The minimum Gasteiger partial charge on any atom is -0.378 e. The second-order valence-corrected chi connectivity index (χ2v) is 7.60. The van der Waals surface area contributed by atoms with Crippen molar-refractivity contribution < 1.29 is 13.2 Å². The highest BCUT2D eigenvalue weighted by molar-refractivity contribution is 7.87. The Hall–Kier alpha value is -0.170. The molecule has 20 heavy (non-hydrogen) atoms. The van der Waals surface area contributed by atoms with Gasteiger partial charge in [-0.25, -0.2) is 4.72 Å². The van der Waals surface area contributed by atoms with Gasteiger partial charge in [0.2, 0.25) is 0 Å². The Bertz CT molecular complexity index is 359. The molecule has 1 aliphatic carbocycles. The van der Waals surface area contributed by atoms with Crippen molar-refractivity contribution in [2.45, 2.75) is 63.9 Å². The van der Waals surface area contributed by atoms with Gasteiger partial charge in [-0.15, -0.1) is 0 Å². The summed E-state index contributed by atoms with van der Waals surface area (Å²) in [6.45, 7) is 2.46. The van der Waals surface area contributed by atoms with E-state index in [9.17, 15) is 8.42 Å². The highest BCUT2D eigenvalue weighted by atomic mass is 32.2. The first-order chi connectivity index (χ1) is 9.68. The zero-order valence-electron chi connectivity index (χ0n) is 12.3. The normalized spacial score (nSPS) is 23.0. The van der Waals surface area contributed by atoms with Crippen molar-refractivity contribution in [1.29, 1.82) is 0 Å². The summed E-state index contributed by atoms with van der Waals surface area (Å²) in [5.74, 6) is 0. The maximum absolute atomic E-state index is 12.1. The molecule has 0 radical (unpaired) electrons. The van der Waals surface area contributed by atoms with E-state index < -0.39 is 10.2 Å². The summed E-state index contributed by atoms with van der Waals surface area (Å²) < 4.78 is 34.3. The molecule has 0 aromatic carbocycles. The van der Waals surface area contributed by atoms with Crippen LogP contribution in [0, 0.1) is 0 Å². The maximum Gasteiger partial charge on any atom is 0.279 e. The number of ether oxygens (including phenoxy) is 1. The molecule has 2 rings (SSSR count). The van der Waals surface area contributed by atoms with Crippen LogP contribution in [0.3, 0.4) is 0 Å². The van der Waals surface area contributed by atoms with E-state index in [0.717, 1.165) is 32.1 Å². The van der Waals surface area contributed by atoms with Gasteiger partial charge in [0.25, 0.3) is 10.2 Å². The molecule has 2 fully saturated rings. The Morgan fingerprint density at radius 3 is 2.30 bits per heavy atom. The van der Waals surface area contributed by atoms with E-state index in [1.165, 1.54) is 25.7 Å². The van der Waals surface area contributed by atoms with Crippen LogP contribution in [0.1, 0.15) is 57.8 Å². The van der Waals surface area contributed by atoms with E-state index in [4.69, 9.17) is 4.74 Å². The lowest BCUT2D eigenvalue weighted by molar-refractivity contribution is 0.0574. The maximum atomic E-state index is 12.1. The fourth-order valence-electron chi connectivity index (χ4n) is 2.95. The molecule has 5 nitrogen and oxygen atoms in total. The van der Waals surface area contributed by atoms with Gasteiger partial charge in [0, 0.05) is 26.2 Å². The van der Waals surface area contributed by atoms with Crippen molar-refractivity contribution in [3.05, 3.63) is 0 Å². The van der Waals surface area contributed by atoms with Crippen molar-refractivity contribution in [1.82, 2.24) is 9.03 Å². The predicted molar refractivity (Wildman–Crippen MR) is 79.8 cm³/mol. The first-order valence-electron chi connectivity index (χ1n) is 8.05. The van der Waals surface area contributed by atoms with Crippen molar-refractivity contribution in [2.24, 2.45) is 0 Å². The summed E-state index contributed by atoms with van der Waals surface area (Å²) in [6, 6.07) is 0. The summed E-state index contributed by atoms with van der Waals surface area (Å²) in [4.78, 5) is 0. The number of hydrogen-bond acceptors (Lipinski definition) is 3. The van der Waals surface area contributed by atoms with Crippen molar-refractivity contribution in [3.63, 3.8) is 0 Å². The summed E-state index contributed by atoms with van der Waals surface area (Å²) in [6.07, 6.45) is 10.3. The number of nitrogens with one attached hydrogen (secondary N) is 1. The molecule has 1 saturated carbocycles. The van der Waals surface area contributed by atoms with Crippen LogP contribution >= 0.6 is 0 Å². The number of nitrogens with zero attached hydrogens (tertiary/aromatic N) is 1. The summed E-state index contributed by atoms with van der Waals surface area (Å²) in [5, 5.41) is 0. The second kappa shape index (κ2) is 8.32. The van der Waals surface area contributed by atoms with Gasteiger partial charge in [-0.05, 0) is 32.1 Å². The van der Waals surface area contributed by atoms with Crippen molar-refractivity contribution in [3.8, 4) is 0 Å². The molecule has 0 aromatic rings. The lowest BCUT2D eigenvalue weighted by atomic mass is 10.2. The van der Waals surface area contributed by atoms with Gasteiger partial charge in [0.1, 0.15) is 0 Å². The van der Waals surface area contributed by atoms with Crippen molar-refractivity contribution >= 4 is 10.2 Å². The molecule has 6 heteroatoms. The molecule has 1 N–H and O–H groups in total. The number of rotatable bonds is 7. The first-order valence-corrected chi connectivity index (χ1v) is 9.49. The minimum atomic E-state index is -3.28. The van der Waals surface area contributed by atoms with Crippen molar-refractivity contribution in [2.75, 3.05) is 26.2 Å².